The van der Waals surface area contributed by atoms with Gasteiger partial charge in [-0.05, 0) is 36.6 Å². The maximum Gasteiger partial charge on any atom is 0.319 e. The third-order valence-corrected chi connectivity index (χ3v) is 6.31. The highest BCUT2D eigenvalue weighted by atomic mass is 35.5. The highest BCUT2D eigenvalue weighted by Crippen LogP contribution is 2.26. The molecule has 0 spiro atoms. The third-order valence-electron chi connectivity index (χ3n) is 6.08. The second kappa shape index (κ2) is 10.7. The van der Waals surface area contributed by atoms with Crippen molar-refractivity contribution in [3.63, 3.8) is 0 Å². The fourth-order valence-electron chi connectivity index (χ4n) is 4.45. The number of benzene rings is 2. The quantitative estimate of drug-likeness (QED) is 0.500. The number of urea groups is 1. The smallest absolute Gasteiger partial charge is 0.319 e. The Morgan fingerprint density at radius 1 is 1.12 bits per heavy atom. The number of hydrogen-bond acceptors (Lipinski definition) is 4. The van der Waals surface area contributed by atoms with Gasteiger partial charge in [0.05, 0.1) is 6.04 Å². The van der Waals surface area contributed by atoms with E-state index in [0.29, 0.717) is 49.6 Å². The van der Waals surface area contributed by atoms with E-state index in [4.69, 9.17) is 11.6 Å². The Kier molecular flexibility index (Phi) is 7.47. The average molecular weight is 470 g/mol. The van der Waals surface area contributed by atoms with Crippen molar-refractivity contribution in [3.05, 3.63) is 65.2 Å². The predicted molar refractivity (Wildman–Crippen MR) is 127 cm³/mol. The van der Waals surface area contributed by atoms with Crippen molar-refractivity contribution in [2.45, 2.75) is 43.9 Å². The maximum atomic E-state index is 12.4. The summed E-state index contributed by atoms with van der Waals surface area (Å²) in [6.07, 6.45) is 1.55. The summed E-state index contributed by atoms with van der Waals surface area (Å²) in [6.45, 7) is 1.57. The molecule has 3 atom stereocenters. The lowest BCUT2D eigenvalue weighted by Gasteiger charge is -2.37. The van der Waals surface area contributed by atoms with E-state index in [1.807, 2.05) is 30.3 Å². The van der Waals surface area contributed by atoms with Crippen LogP contribution in [0.5, 0.6) is 0 Å². The molecule has 174 valence electrons. The maximum absolute atomic E-state index is 12.4. The zero-order valence-corrected chi connectivity index (χ0v) is 19.0. The molecular weight excluding hydrogens is 442 g/mol. The molecule has 0 aliphatic carbocycles. The van der Waals surface area contributed by atoms with Gasteiger partial charge in [0, 0.05) is 48.8 Å². The summed E-state index contributed by atoms with van der Waals surface area (Å²) in [5, 5.41) is 12.2. The molecule has 2 aliphatic rings. The van der Waals surface area contributed by atoms with Crippen molar-refractivity contribution in [3.8, 4) is 0 Å². The van der Waals surface area contributed by atoms with Crippen LogP contribution in [0.3, 0.4) is 0 Å². The molecule has 2 aromatic rings. The molecular formula is C24H28ClN5O3. The molecule has 0 radical (unpaired) electrons. The Labute approximate surface area is 198 Å². The van der Waals surface area contributed by atoms with E-state index in [9.17, 15) is 14.4 Å². The minimum atomic E-state index is -0.334. The van der Waals surface area contributed by atoms with E-state index in [-0.39, 0.29) is 36.0 Å². The molecule has 2 fully saturated rings. The van der Waals surface area contributed by atoms with Gasteiger partial charge in [0.15, 0.2) is 0 Å². The van der Waals surface area contributed by atoms with Gasteiger partial charge in [-0.25, -0.2) is 4.79 Å². The summed E-state index contributed by atoms with van der Waals surface area (Å²) in [7, 11) is 0. The van der Waals surface area contributed by atoms with Crippen molar-refractivity contribution >= 4 is 35.1 Å². The van der Waals surface area contributed by atoms with E-state index in [0.717, 1.165) is 5.56 Å². The van der Waals surface area contributed by atoms with Crippen molar-refractivity contribution in [2.75, 3.05) is 18.4 Å². The summed E-state index contributed by atoms with van der Waals surface area (Å²) in [5.41, 5.74) is 1.66. The molecule has 0 saturated carbocycles. The van der Waals surface area contributed by atoms with Crippen LogP contribution in [0.1, 0.15) is 24.8 Å². The van der Waals surface area contributed by atoms with Crippen molar-refractivity contribution in [1.29, 1.82) is 0 Å². The van der Waals surface area contributed by atoms with Crippen LogP contribution < -0.4 is 21.3 Å². The number of nitrogens with zero attached hydrogens (tertiary/aromatic N) is 1. The lowest BCUT2D eigenvalue weighted by Crippen LogP contribution is -2.58. The number of rotatable bonds is 7. The largest absolute Gasteiger partial charge is 0.353 e. The molecule has 2 aromatic carbocycles. The highest BCUT2D eigenvalue weighted by Gasteiger charge is 2.43. The molecule has 4 rings (SSSR count). The second-order valence-corrected chi connectivity index (χ2v) is 8.89. The Hall–Kier alpha value is -3.10. The molecule has 2 aliphatic heterocycles. The SMILES string of the molecule is O=C(CC[C@@H]1CNC(=O)[C@@H]2C[C@H](NC(=O)Nc3cccc(Cl)c3)CN12)NCc1ccccc1. The van der Waals surface area contributed by atoms with Crippen LogP contribution in [0.25, 0.3) is 0 Å². The third kappa shape index (κ3) is 6.24. The van der Waals surface area contributed by atoms with Gasteiger partial charge >= 0.3 is 6.03 Å². The molecule has 2 saturated heterocycles. The number of fused-ring (bicyclic) bond motifs is 1. The van der Waals surface area contributed by atoms with E-state index in [1.54, 1.807) is 24.3 Å². The average Bonchev–Trinajstić information content (AvgIpc) is 3.22. The van der Waals surface area contributed by atoms with Crippen LogP contribution in [-0.4, -0.2) is 54.0 Å². The Morgan fingerprint density at radius 2 is 1.94 bits per heavy atom. The highest BCUT2D eigenvalue weighted by molar-refractivity contribution is 6.30. The second-order valence-electron chi connectivity index (χ2n) is 8.45. The van der Waals surface area contributed by atoms with Crippen molar-refractivity contribution in [1.82, 2.24) is 20.9 Å². The first-order valence-electron chi connectivity index (χ1n) is 11.1. The van der Waals surface area contributed by atoms with Gasteiger partial charge in [0.1, 0.15) is 0 Å². The monoisotopic (exact) mass is 469 g/mol. The summed E-state index contributed by atoms with van der Waals surface area (Å²) in [5.74, 6) is -0.0404. The molecule has 0 aromatic heterocycles. The Bertz CT molecular complexity index is 1000. The van der Waals surface area contributed by atoms with Crippen LogP contribution in [0, 0.1) is 0 Å². The zero-order chi connectivity index (χ0) is 23.2. The fraction of sp³-hybridized carbons (Fsp3) is 0.375. The number of carbonyl (C=O) groups is 3. The van der Waals surface area contributed by atoms with Crippen molar-refractivity contribution < 1.29 is 14.4 Å². The lowest BCUT2D eigenvalue weighted by atomic mass is 10.0. The molecule has 33 heavy (non-hydrogen) atoms. The number of hydrogen-bond donors (Lipinski definition) is 4. The number of anilines is 1. The van der Waals surface area contributed by atoms with Gasteiger partial charge in [-0.15, -0.1) is 0 Å². The number of piperazine rings is 1. The molecule has 0 bridgehead atoms. The van der Waals surface area contributed by atoms with Crippen LogP contribution in [0.15, 0.2) is 54.6 Å². The van der Waals surface area contributed by atoms with E-state index < -0.39 is 0 Å². The first kappa shape index (κ1) is 23.1. The van der Waals surface area contributed by atoms with Gasteiger partial charge in [-0.3, -0.25) is 14.5 Å². The summed E-state index contributed by atoms with van der Waals surface area (Å²) >= 11 is 5.97. The summed E-state index contributed by atoms with van der Waals surface area (Å²) in [6, 6.07) is 16.0. The summed E-state index contributed by atoms with van der Waals surface area (Å²) in [4.78, 5) is 39.3. The molecule has 0 unspecified atom stereocenters. The number of amides is 4. The normalized spacial score (nSPS) is 22.2. The first-order valence-corrected chi connectivity index (χ1v) is 11.5. The topological polar surface area (TPSA) is 103 Å². The number of carbonyl (C=O) groups excluding carboxylic acids is 3. The van der Waals surface area contributed by atoms with E-state index in [1.165, 1.54) is 0 Å². The Morgan fingerprint density at radius 3 is 2.73 bits per heavy atom. The number of halogens is 1. The van der Waals surface area contributed by atoms with Gasteiger partial charge in [-0.1, -0.05) is 48.0 Å². The Balaban J connectivity index is 1.26. The van der Waals surface area contributed by atoms with Gasteiger partial charge in [0.25, 0.3) is 0 Å². The number of nitrogens with one attached hydrogen (secondary N) is 4. The van der Waals surface area contributed by atoms with Crippen molar-refractivity contribution in [2.24, 2.45) is 0 Å². The molecule has 4 N–H and O–H groups in total. The molecule has 2 heterocycles. The summed E-state index contributed by atoms with van der Waals surface area (Å²) < 4.78 is 0. The van der Waals surface area contributed by atoms with E-state index in [2.05, 4.69) is 26.2 Å². The van der Waals surface area contributed by atoms with Crippen LogP contribution in [-0.2, 0) is 16.1 Å². The minimum absolute atomic E-state index is 0.0120. The van der Waals surface area contributed by atoms with Gasteiger partial charge in [-0.2, -0.15) is 0 Å². The minimum Gasteiger partial charge on any atom is -0.353 e. The fourth-order valence-corrected chi connectivity index (χ4v) is 4.64. The molecule has 4 amide bonds. The van der Waals surface area contributed by atoms with Gasteiger partial charge in [0.2, 0.25) is 11.8 Å². The van der Waals surface area contributed by atoms with Crippen LogP contribution in [0.2, 0.25) is 5.02 Å². The van der Waals surface area contributed by atoms with Crippen LogP contribution in [0.4, 0.5) is 10.5 Å². The zero-order valence-electron chi connectivity index (χ0n) is 18.2. The lowest BCUT2D eigenvalue weighted by molar-refractivity contribution is -0.129. The predicted octanol–water partition coefficient (Wildman–Crippen LogP) is 2.50. The molecule has 8 nitrogen and oxygen atoms in total. The molecule has 9 heteroatoms. The van der Waals surface area contributed by atoms with Gasteiger partial charge < -0.3 is 21.3 Å². The standard InChI is InChI=1S/C24H28ClN5O3/c25-17-7-4-8-18(11-17)28-24(33)29-19-12-21-23(32)27-14-20(30(21)15-19)9-10-22(31)26-13-16-5-2-1-3-6-16/h1-8,11,19-21H,9-10,12-15H2,(H,26,31)(H,27,32)(H2,28,29,33)/t19-,20+,21-/m0/s1. The van der Waals surface area contributed by atoms with Crippen LogP contribution >= 0.6 is 11.6 Å². The first-order chi connectivity index (χ1) is 16.0. The van der Waals surface area contributed by atoms with E-state index >= 15 is 0 Å².